The minimum absolute atomic E-state index is 0.0638. The smallest absolute Gasteiger partial charge is 0.410 e. The summed E-state index contributed by atoms with van der Waals surface area (Å²) >= 11 is 0. The number of nitrogens with zero attached hydrogens (tertiary/aromatic N) is 4. The summed E-state index contributed by atoms with van der Waals surface area (Å²) < 4.78 is 7.29. The first-order valence-corrected chi connectivity index (χ1v) is 9.31. The Morgan fingerprint density at radius 2 is 2.19 bits per heavy atom. The van der Waals surface area contributed by atoms with Crippen LogP contribution in [0.4, 0.5) is 10.6 Å². The zero-order valence-corrected chi connectivity index (χ0v) is 15.5. The number of aromatic amines is 1. The van der Waals surface area contributed by atoms with Gasteiger partial charge in [-0.05, 0) is 32.6 Å². The minimum atomic E-state index is -0.255. The number of H-pyrrole nitrogens is 1. The van der Waals surface area contributed by atoms with Crippen molar-refractivity contribution in [1.82, 2.24) is 24.6 Å². The average molecular weight is 372 g/mol. The molecular formula is C18H24N6O3. The fraction of sp³-hybridized carbons (Fsp3) is 0.556. The molecule has 0 aromatic carbocycles. The van der Waals surface area contributed by atoms with Gasteiger partial charge in [0.2, 0.25) is 0 Å². The van der Waals surface area contributed by atoms with Gasteiger partial charge in [-0.2, -0.15) is 5.10 Å². The van der Waals surface area contributed by atoms with Gasteiger partial charge < -0.3 is 19.5 Å². The summed E-state index contributed by atoms with van der Waals surface area (Å²) in [7, 11) is 1.76. The molecule has 4 rings (SSSR count). The van der Waals surface area contributed by atoms with Gasteiger partial charge >= 0.3 is 6.09 Å². The molecule has 2 aromatic rings. The third kappa shape index (κ3) is 3.54. The lowest BCUT2D eigenvalue weighted by Crippen LogP contribution is -2.50. The van der Waals surface area contributed by atoms with Crippen molar-refractivity contribution in [3.05, 3.63) is 30.0 Å². The molecular weight excluding hydrogens is 348 g/mol. The number of amides is 2. The van der Waals surface area contributed by atoms with Crippen LogP contribution < -0.4 is 5.32 Å². The van der Waals surface area contributed by atoms with Crippen molar-refractivity contribution in [2.75, 3.05) is 11.9 Å². The minimum Gasteiger partial charge on any atom is -0.446 e. The molecule has 2 amide bonds. The van der Waals surface area contributed by atoms with E-state index in [1.165, 1.54) is 6.20 Å². The highest BCUT2D eigenvalue weighted by Gasteiger charge is 2.34. The number of aromatic nitrogens is 4. The van der Waals surface area contributed by atoms with Gasteiger partial charge in [-0.3, -0.25) is 9.89 Å². The Morgan fingerprint density at radius 3 is 2.85 bits per heavy atom. The molecule has 3 atom stereocenters. The second-order valence-electron chi connectivity index (χ2n) is 7.40. The molecule has 0 unspecified atom stereocenters. The van der Waals surface area contributed by atoms with E-state index < -0.39 is 0 Å². The number of imidazole rings is 1. The monoisotopic (exact) mass is 372 g/mol. The molecule has 1 aliphatic heterocycles. The molecule has 0 bridgehead atoms. The predicted octanol–water partition coefficient (Wildman–Crippen LogP) is 2.26. The van der Waals surface area contributed by atoms with Gasteiger partial charge in [-0.1, -0.05) is 0 Å². The number of rotatable bonds is 4. The summed E-state index contributed by atoms with van der Waals surface area (Å²) in [6.45, 7) is 2.82. The number of anilines is 1. The van der Waals surface area contributed by atoms with Crippen LogP contribution in [0.2, 0.25) is 0 Å². The first-order chi connectivity index (χ1) is 13.0. The number of ether oxygens (including phenoxy) is 1. The highest BCUT2D eigenvalue weighted by atomic mass is 16.6. The van der Waals surface area contributed by atoms with Gasteiger partial charge in [-0.25, -0.2) is 9.78 Å². The van der Waals surface area contributed by atoms with E-state index in [1.807, 2.05) is 13.0 Å². The fourth-order valence-corrected chi connectivity index (χ4v) is 3.69. The largest absolute Gasteiger partial charge is 0.446 e. The number of likely N-dealkylation sites (tertiary alicyclic amines) is 1. The highest BCUT2D eigenvalue weighted by molar-refractivity contribution is 6.02. The van der Waals surface area contributed by atoms with Crippen molar-refractivity contribution in [2.24, 2.45) is 7.05 Å². The van der Waals surface area contributed by atoms with E-state index in [1.54, 1.807) is 22.8 Å². The zero-order valence-electron chi connectivity index (χ0n) is 15.5. The molecule has 1 saturated carbocycles. The summed E-state index contributed by atoms with van der Waals surface area (Å²) in [5.41, 5.74) is 1.42. The van der Waals surface area contributed by atoms with E-state index in [0.717, 1.165) is 37.9 Å². The van der Waals surface area contributed by atoms with Gasteiger partial charge in [0.05, 0.1) is 12.5 Å². The lowest BCUT2D eigenvalue weighted by molar-refractivity contribution is 0.0281. The first-order valence-electron chi connectivity index (χ1n) is 9.31. The Hall–Kier alpha value is -2.84. The van der Waals surface area contributed by atoms with Crippen molar-refractivity contribution in [3.63, 3.8) is 0 Å². The third-order valence-electron chi connectivity index (χ3n) is 5.53. The Morgan fingerprint density at radius 1 is 1.33 bits per heavy atom. The molecule has 2 aromatic heterocycles. The zero-order chi connectivity index (χ0) is 19.0. The molecule has 1 aliphatic carbocycles. The van der Waals surface area contributed by atoms with Crippen LogP contribution in [-0.2, 0) is 11.8 Å². The van der Waals surface area contributed by atoms with Gasteiger partial charge in [0.15, 0.2) is 5.82 Å². The molecule has 2 fully saturated rings. The molecule has 144 valence electrons. The summed E-state index contributed by atoms with van der Waals surface area (Å²) in [6, 6.07) is 2.13. The number of carbonyl (C=O) groups excluding carboxylic acids is 2. The van der Waals surface area contributed by atoms with Crippen molar-refractivity contribution in [3.8, 4) is 0 Å². The maximum absolute atomic E-state index is 12.2. The average Bonchev–Trinajstić information content (AvgIpc) is 3.34. The predicted molar refractivity (Wildman–Crippen MR) is 97.4 cm³/mol. The van der Waals surface area contributed by atoms with Gasteiger partial charge in [0.1, 0.15) is 11.8 Å². The van der Waals surface area contributed by atoms with E-state index in [0.29, 0.717) is 11.5 Å². The van der Waals surface area contributed by atoms with Crippen molar-refractivity contribution < 1.29 is 14.3 Å². The highest BCUT2D eigenvalue weighted by Crippen LogP contribution is 2.36. The Labute approximate surface area is 157 Å². The second kappa shape index (κ2) is 7.05. The molecule has 0 spiro atoms. The van der Waals surface area contributed by atoms with E-state index in [-0.39, 0.29) is 30.1 Å². The first kappa shape index (κ1) is 17.6. The molecule has 2 aliphatic rings. The van der Waals surface area contributed by atoms with Crippen LogP contribution in [0, 0.1) is 0 Å². The molecule has 27 heavy (non-hydrogen) atoms. The van der Waals surface area contributed by atoms with E-state index in [4.69, 9.17) is 4.74 Å². The van der Waals surface area contributed by atoms with Crippen LogP contribution in [0.3, 0.4) is 0 Å². The van der Waals surface area contributed by atoms with Crippen LogP contribution in [0.25, 0.3) is 0 Å². The Kier molecular flexibility index (Phi) is 4.59. The number of aryl methyl sites for hydroxylation is 1. The molecule has 3 heterocycles. The molecule has 9 nitrogen and oxygen atoms in total. The molecule has 0 radical (unpaired) electrons. The van der Waals surface area contributed by atoms with Gasteiger partial charge in [0.25, 0.3) is 5.91 Å². The summed E-state index contributed by atoms with van der Waals surface area (Å²) in [4.78, 5) is 30.1. The van der Waals surface area contributed by atoms with Crippen LogP contribution >= 0.6 is 0 Å². The lowest BCUT2D eigenvalue weighted by Gasteiger charge is -2.38. The summed E-state index contributed by atoms with van der Waals surface area (Å²) in [5.74, 6) is 0.465. The van der Waals surface area contributed by atoms with Crippen molar-refractivity contribution in [2.45, 2.75) is 50.7 Å². The van der Waals surface area contributed by atoms with E-state index >= 15 is 0 Å². The standard InChI is InChI=1S/C18H24N6O3/c1-11-5-6-24(11)18(26)27-13-4-3-12(7-13)14-8-16(22-21-14)20-17(25)15-9-19-10-23(15)2/h8-13H,3-7H2,1-2H3,(H2,20,21,22,25)/t11-,12-,13+/m0/s1. The fourth-order valence-electron chi connectivity index (χ4n) is 3.69. The Bertz CT molecular complexity index is 844. The van der Waals surface area contributed by atoms with Crippen LogP contribution in [-0.4, -0.2) is 55.3 Å². The number of hydrogen-bond acceptors (Lipinski definition) is 5. The lowest BCUT2D eigenvalue weighted by atomic mass is 10.0. The SMILES string of the molecule is C[C@H]1CCN1C(=O)O[C@@H]1CC[C@H](c2cc(NC(=O)c3cncn3C)n[nH]2)C1. The quantitative estimate of drug-likeness (QED) is 0.856. The van der Waals surface area contributed by atoms with Crippen molar-refractivity contribution >= 4 is 17.8 Å². The maximum Gasteiger partial charge on any atom is 0.410 e. The van der Waals surface area contributed by atoms with E-state index in [2.05, 4.69) is 20.5 Å². The maximum atomic E-state index is 12.2. The van der Waals surface area contributed by atoms with Crippen LogP contribution in [0.1, 0.15) is 54.7 Å². The summed E-state index contributed by atoms with van der Waals surface area (Å²) in [5, 5.41) is 9.96. The number of nitrogens with one attached hydrogen (secondary N) is 2. The van der Waals surface area contributed by atoms with Crippen LogP contribution in [0.5, 0.6) is 0 Å². The molecule has 1 saturated heterocycles. The summed E-state index contributed by atoms with van der Waals surface area (Å²) in [6.07, 6.45) is 6.40. The Balaban J connectivity index is 1.32. The second-order valence-corrected chi connectivity index (χ2v) is 7.40. The third-order valence-corrected chi connectivity index (χ3v) is 5.53. The molecule has 9 heteroatoms. The van der Waals surface area contributed by atoms with Crippen LogP contribution in [0.15, 0.2) is 18.6 Å². The van der Waals surface area contributed by atoms with Gasteiger partial charge in [0, 0.05) is 37.3 Å². The van der Waals surface area contributed by atoms with E-state index in [9.17, 15) is 9.59 Å². The normalized spacial score (nSPS) is 24.5. The number of carbonyl (C=O) groups is 2. The number of hydrogen-bond donors (Lipinski definition) is 2. The van der Waals surface area contributed by atoms with Gasteiger partial charge in [-0.15, -0.1) is 0 Å². The topological polar surface area (TPSA) is 105 Å². The van der Waals surface area contributed by atoms with Crippen molar-refractivity contribution in [1.29, 1.82) is 0 Å². The molecule has 2 N–H and O–H groups in total.